The van der Waals surface area contributed by atoms with Gasteiger partial charge in [0.05, 0.1) is 5.54 Å². The van der Waals surface area contributed by atoms with Gasteiger partial charge in [-0.1, -0.05) is 44.2 Å². The van der Waals surface area contributed by atoms with Gasteiger partial charge in [0.15, 0.2) is 5.82 Å². The zero-order chi connectivity index (χ0) is 12.1. The van der Waals surface area contributed by atoms with Crippen molar-refractivity contribution in [2.24, 2.45) is 5.73 Å². The summed E-state index contributed by atoms with van der Waals surface area (Å²) in [5, 5.41) is 4.09. The second kappa shape index (κ2) is 5.63. The van der Waals surface area contributed by atoms with Gasteiger partial charge in [-0.3, -0.25) is 0 Å². The fraction of sp³-hybridized carbons (Fsp3) is 0.846. The summed E-state index contributed by atoms with van der Waals surface area (Å²) in [4.78, 5) is 4.46. The third-order valence-corrected chi connectivity index (χ3v) is 3.62. The predicted molar refractivity (Wildman–Crippen MR) is 66.5 cm³/mol. The number of hydrogen-bond donors (Lipinski definition) is 1. The maximum atomic E-state index is 6.47. The van der Waals surface area contributed by atoms with Crippen LogP contribution in [-0.4, -0.2) is 10.1 Å². The monoisotopic (exact) mass is 237 g/mol. The second-order valence-corrected chi connectivity index (χ2v) is 5.19. The highest BCUT2D eigenvalue weighted by Crippen LogP contribution is 2.31. The van der Waals surface area contributed by atoms with Crippen LogP contribution < -0.4 is 5.73 Å². The Balaban J connectivity index is 2.10. The highest BCUT2D eigenvalue weighted by molar-refractivity contribution is 5.04. The van der Waals surface area contributed by atoms with E-state index in [-0.39, 0.29) is 5.54 Å². The molecule has 0 saturated heterocycles. The fourth-order valence-corrected chi connectivity index (χ4v) is 2.53. The lowest BCUT2D eigenvalue weighted by Gasteiger charge is -2.27. The van der Waals surface area contributed by atoms with E-state index in [9.17, 15) is 0 Å². The summed E-state index contributed by atoms with van der Waals surface area (Å²) in [6, 6.07) is 0. The van der Waals surface area contributed by atoms with Gasteiger partial charge >= 0.3 is 0 Å². The van der Waals surface area contributed by atoms with Gasteiger partial charge in [0.2, 0.25) is 5.89 Å². The Hall–Kier alpha value is -0.900. The van der Waals surface area contributed by atoms with Crippen LogP contribution in [0.25, 0.3) is 0 Å². The third-order valence-electron chi connectivity index (χ3n) is 3.62. The third kappa shape index (κ3) is 3.06. The highest BCUT2D eigenvalue weighted by atomic mass is 16.5. The molecule has 1 aromatic rings. The average Bonchev–Trinajstić information content (AvgIpc) is 2.74. The summed E-state index contributed by atoms with van der Waals surface area (Å²) in [6.07, 6.45) is 10.1. The molecule has 1 heterocycles. The molecule has 0 spiro atoms. The molecular weight excluding hydrogens is 214 g/mol. The van der Waals surface area contributed by atoms with Gasteiger partial charge in [0, 0.05) is 6.42 Å². The molecule has 4 nitrogen and oxygen atoms in total. The molecule has 1 fully saturated rings. The molecule has 1 aromatic heterocycles. The standard InChI is InChI=1S/C13H23N3O/c1-2-8-11-15-12(16-17-11)13(14)9-6-4-3-5-7-10-13/h2-10,14H2,1H3. The molecule has 1 saturated carbocycles. The smallest absolute Gasteiger partial charge is 0.226 e. The van der Waals surface area contributed by atoms with Crippen molar-refractivity contribution in [2.45, 2.75) is 70.3 Å². The van der Waals surface area contributed by atoms with Crippen molar-refractivity contribution in [2.75, 3.05) is 0 Å². The van der Waals surface area contributed by atoms with Crippen LogP contribution in [0.15, 0.2) is 4.52 Å². The topological polar surface area (TPSA) is 64.9 Å². The van der Waals surface area contributed by atoms with Gasteiger partial charge in [0.25, 0.3) is 0 Å². The Morgan fingerprint density at radius 2 is 1.82 bits per heavy atom. The summed E-state index contributed by atoms with van der Waals surface area (Å²) in [5.41, 5.74) is 6.12. The van der Waals surface area contributed by atoms with Crippen LogP contribution in [0.4, 0.5) is 0 Å². The van der Waals surface area contributed by atoms with Crippen LogP contribution >= 0.6 is 0 Å². The number of nitrogens with two attached hydrogens (primary N) is 1. The minimum Gasteiger partial charge on any atom is -0.339 e. The first-order chi connectivity index (χ1) is 8.24. The summed E-state index contributed by atoms with van der Waals surface area (Å²) < 4.78 is 5.25. The maximum absolute atomic E-state index is 6.47. The normalized spacial score (nSPS) is 20.8. The molecule has 0 bridgehead atoms. The number of hydrogen-bond acceptors (Lipinski definition) is 4. The van der Waals surface area contributed by atoms with E-state index in [1.54, 1.807) is 0 Å². The fourth-order valence-electron chi connectivity index (χ4n) is 2.53. The van der Waals surface area contributed by atoms with Crippen molar-refractivity contribution in [3.63, 3.8) is 0 Å². The second-order valence-electron chi connectivity index (χ2n) is 5.19. The van der Waals surface area contributed by atoms with E-state index in [1.165, 1.54) is 32.1 Å². The van der Waals surface area contributed by atoms with Crippen LogP contribution in [0, 0.1) is 0 Å². The molecule has 1 aliphatic carbocycles. The first-order valence-electron chi connectivity index (χ1n) is 6.86. The SMILES string of the molecule is CCCc1nc(C2(N)CCCCCCC2)no1. The number of aromatic nitrogens is 2. The molecule has 0 aromatic carbocycles. The van der Waals surface area contributed by atoms with Crippen LogP contribution in [0.1, 0.15) is 70.0 Å². The van der Waals surface area contributed by atoms with E-state index >= 15 is 0 Å². The van der Waals surface area contributed by atoms with Crippen LogP contribution in [0.5, 0.6) is 0 Å². The average molecular weight is 237 g/mol. The summed E-state index contributed by atoms with van der Waals surface area (Å²) in [5.74, 6) is 1.46. The molecule has 0 amide bonds. The van der Waals surface area contributed by atoms with Gasteiger partial charge in [-0.15, -0.1) is 0 Å². The Kier molecular flexibility index (Phi) is 4.15. The summed E-state index contributed by atoms with van der Waals surface area (Å²) in [7, 11) is 0. The van der Waals surface area contributed by atoms with Gasteiger partial charge in [-0.2, -0.15) is 4.98 Å². The van der Waals surface area contributed by atoms with E-state index in [4.69, 9.17) is 10.3 Å². The lowest BCUT2D eigenvalue weighted by atomic mass is 9.84. The van der Waals surface area contributed by atoms with Crippen molar-refractivity contribution in [3.8, 4) is 0 Å². The van der Waals surface area contributed by atoms with E-state index in [0.717, 1.165) is 37.4 Å². The number of nitrogens with zero attached hydrogens (tertiary/aromatic N) is 2. The van der Waals surface area contributed by atoms with E-state index < -0.39 is 0 Å². The Morgan fingerprint density at radius 1 is 1.18 bits per heavy atom. The van der Waals surface area contributed by atoms with Crippen molar-refractivity contribution >= 4 is 0 Å². The van der Waals surface area contributed by atoms with E-state index in [1.807, 2.05) is 0 Å². The number of rotatable bonds is 3. The van der Waals surface area contributed by atoms with Crippen LogP contribution in [-0.2, 0) is 12.0 Å². The van der Waals surface area contributed by atoms with Crippen LogP contribution in [0.3, 0.4) is 0 Å². The van der Waals surface area contributed by atoms with Crippen molar-refractivity contribution in [1.82, 2.24) is 10.1 Å². The quantitative estimate of drug-likeness (QED) is 0.877. The lowest BCUT2D eigenvalue weighted by Crippen LogP contribution is -2.38. The molecule has 0 radical (unpaired) electrons. The van der Waals surface area contributed by atoms with Crippen LogP contribution in [0.2, 0.25) is 0 Å². The van der Waals surface area contributed by atoms with Crippen molar-refractivity contribution in [1.29, 1.82) is 0 Å². The molecule has 17 heavy (non-hydrogen) atoms. The molecule has 0 unspecified atom stereocenters. The Morgan fingerprint density at radius 3 is 2.47 bits per heavy atom. The molecule has 0 aliphatic heterocycles. The van der Waals surface area contributed by atoms with Crippen molar-refractivity contribution < 1.29 is 4.52 Å². The number of aryl methyl sites for hydroxylation is 1. The highest BCUT2D eigenvalue weighted by Gasteiger charge is 2.32. The zero-order valence-electron chi connectivity index (χ0n) is 10.7. The lowest BCUT2D eigenvalue weighted by molar-refractivity contribution is 0.290. The largest absolute Gasteiger partial charge is 0.339 e. The van der Waals surface area contributed by atoms with E-state index in [2.05, 4.69) is 17.1 Å². The van der Waals surface area contributed by atoms with Gasteiger partial charge < -0.3 is 10.3 Å². The van der Waals surface area contributed by atoms with Crippen molar-refractivity contribution in [3.05, 3.63) is 11.7 Å². The van der Waals surface area contributed by atoms with E-state index in [0.29, 0.717) is 0 Å². The van der Waals surface area contributed by atoms with Gasteiger partial charge in [-0.05, 0) is 19.3 Å². The molecule has 96 valence electrons. The minimum absolute atomic E-state index is 0.351. The molecular formula is C13H23N3O. The first-order valence-corrected chi connectivity index (χ1v) is 6.86. The molecule has 2 rings (SSSR count). The molecule has 4 heteroatoms. The minimum atomic E-state index is -0.351. The summed E-state index contributed by atoms with van der Waals surface area (Å²) >= 11 is 0. The van der Waals surface area contributed by atoms with Gasteiger partial charge in [-0.25, -0.2) is 0 Å². The maximum Gasteiger partial charge on any atom is 0.226 e. The molecule has 2 N–H and O–H groups in total. The first kappa shape index (κ1) is 12.6. The van der Waals surface area contributed by atoms with Gasteiger partial charge in [0.1, 0.15) is 0 Å². The summed E-state index contributed by atoms with van der Waals surface area (Å²) in [6.45, 7) is 2.11. The zero-order valence-corrected chi connectivity index (χ0v) is 10.7. The Labute approximate surface area is 103 Å². The predicted octanol–water partition coefficient (Wildman–Crippen LogP) is 2.92. The molecule has 0 atom stereocenters. The Bertz CT molecular complexity index is 340. The molecule has 1 aliphatic rings.